The Kier molecular flexibility index (Phi) is 5.37. The summed E-state index contributed by atoms with van der Waals surface area (Å²) in [6.07, 6.45) is 0. The molecule has 0 unspecified atom stereocenters. The Bertz CT molecular complexity index is 555. The molecule has 4 heteroatoms. The van der Waals surface area contributed by atoms with Gasteiger partial charge in [-0.15, -0.1) is 11.8 Å². The summed E-state index contributed by atoms with van der Waals surface area (Å²) in [5.41, 5.74) is 0.102. The van der Waals surface area contributed by atoms with E-state index in [1.807, 2.05) is 18.2 Å². The van der Waals surface area contributed by atoms with Crippen LogP contribution in [-0.2, 0) is 12.3 Å². The molecule has 0 bridgehead atoms. The minimum atomic E-state index is 0.102. The summed E-state index contributed by atoms with van der Waals surface area (Å²) < 4.78 is 11.0. The molecule has 0 saturated heterocycles. The van der Waals surface area contributed by atoms with Gasteiger partial charge in [-0.3, -0.25) is 0 Å². The number of furan rings is 1. The molecular formula is C17H23NO2S. The minimum Gasteiger partial charge on any atom is -0.497 e. The topological polar surface area (TPSA) is 34.4 Å². The van der Waals surface area contributed by atoms with Crippen LogP contribution in [0.15, 0.2) is 45.7 Å². The van der Waals surface area contributed by atoms with Crippen LogP contribution in [0.5, 0.6) is 5.75 Å². The zero-order chi connectivity index (χ0) is 15.3. The van der Waals surface area contributed by atoms with E-state index >= 15 is 0 Å². The molecule has 0 aliphatic heterocycles. The van der Waals surface area contributed by atoms with Gasteiger partial charge in [-0.1, -0.05) is 0 Å². The molecule has 2 aromatic rings. The highest BCUT2D eigenvalue weighted by atomic mass is 32.2. The number of rotatable bonds is 6. The van der Waals surface area contributed by atoms with Gasteiger partial charge in [-0.05, 0) is 57.2 Å². The number of benzene rings is 1. The Labute approximate surface area is 131 Å². The predicted octanol–water partition coefficient (Wildman–Crippen LogP) is 4.47. The van der Waals surface area contributed by atoms with Gasteiger partial charge < -0.3 is 14.5 Å². The molecule has 0 fully saturated rings. The highest BCUT2D eigenvalue weighted by Gasteiger charge is 2.10. The molecule has 0 radical (unpaired) electrons. The molecule has 1 heterocycles. The maximum absolute atomic E-state index is 5.84. The Morgan fingerprint density at radius 2 is 1.71 bits per heavy atom. The van der Waals surface area contributed by atoms with E-state index in [1.165, 1.54) is 4.90 Å². The molecule has 3 nitrogen and oxygen atoms in total. The number of thioether (sulfide) groups is 1. The maximum Gasteiger partial charge on any atom is 0.118 e. The van der Waals surface area contributed by atoms with Crippen molar-refractivity contribution in [1.29, 1.82) is 0 Å². The van der Waals surface area contributed by atoms with Crippen LogP contribution in [0.25, 0.3) is 0 Å². The minimum absolute atomic E-state index is 0.102. The summed E-state index contributed by atoms with van der Waals surface area (Å²) in [5, 5.41) is 3.42. The van der Waals surface area contributed by atoms with Crippen molar-refractivity contribution < 1.29 is 9.15 Å². The van der Waals surface area contributed by atoms with E-state index in [0.717, 1.165) is 29.6 Å². The molecule has 0 spiro atoms. The molecule has 21 heavy (non-hydrogen) atoms. The number of nitrogens with one attached hydrogen (secondary N) is 1. The van der Waals surface area contributed by atoms with Gasteiger partial charge in [0.25, 0.3) is 0 Å². The van der Waals surface area contributed by atoms with Gasteiger partial charge in [0.2, 0.25) is 0 Å². The van der Waals surface area contributed by atoms with Gasteiger partial charge >= 0.3 is 0 Å². The molecule has 114 valence electrons. The van der Waals surface area contributed by atoms with Gasteiger partial charge in [0.1, 0.15) is 17.3 Å². The summed E-state index contributed by atoms with van der Waals surface area (Å²) in [5.74, 6) is 3.70. The summed E-state index contributed by atoms with van der Waals surface area (Å²) in [6.45, 7) is 7.21. The van der Waals surface area contributed by atoms with Crippen molar-refractivity contribution in [2.75, 3.05) is 7.11 Å². The van der Waals surface area contributed by atoms with Gasteiger partial charge in [0, 0.05) is 10.4 Å². The second-order valence-electron chi connectivity index (χ2n) is 5.94. The fraction of sp³-hybridized carbons (Fsp3) is 0.412. The number of ether oxygens (including phenoxy) is 1. The summed E-state index contributed by atoms with van der Waals surface area (Å²) >= 11 is 1.76. The van der Waals surface area contributed by atoms with E-state index in [9.17, 15) is 0 Å². The molecule has 0 amide bonds. The average Bonchev–Trinajstić information content (AvgIpc) is 2.91. The summed E-state index contributed by atoms with van der Waals surface area (Å²) in [6, 6.07) is 12.2. The highest BCUT2D eigenvalue weighted by molar-refractivity contribution is 7.98. The lowest BCUT2D eigenvalue weighted by molar-refractivity contribution is 0.382. The van der Waals surface area contributed by atoms with Crippen LogP contribution in [0.3, 0.4) is 0 Å². The van der Waals surface area contributed by atoms with Crippen LogP contribution in [0.2, 0.25) is 0 Å². The normalized spacial score (nSPS) is 11.6. The van der Waals surface area contributed by atoms with Crippen LogP contribution in [0, 0.1) is 0 Å². The monoisotopic (exact) mass is 305 g/mol. The lowest BCUT2D eigenvalue weighted by atomic mass is 10.1. The van der Waals surface area contributed by atoms with Crippen LogP contribution < -0.4 is 10.1 Å². The molecule has 1 aromatic heterocycles. The summed E-state index contributed by atoms with van der Waals surface area (Å²) in [4.78, 5) is 1.21. The fourth-order valence-electron chi connectivity index (χ4n) is 1.77. The van der Waals surface area contributed by atoms with E-state index in [4.69, 9.17) is 9.15 Å². The molecule has 0 saturated carbocycles. The standard InChI is InChI=1S/C17H23NO2S/c1-17(2,3)18-11-14-5-6-15(20-14)12-21-16-9-7-13(19-4)8-10-16/h5-10,18H,11-12H2,1-4H3. The lowest BCUT2D eigenvalue weighted by Crippen LogP contribution is -2.34. The van der Waals surface area contributed by atoms with Crippen molar-refractivity contribution in [3.8, 4) is 5.75 Å². The first-order valence-electron chi connectivity index (χ1n) is 7.06. The first-order chi connectivity index (χ1) is 9.96. The Morgan fingerprint density at radius 1 is 1.05 bits per heavy atom. The number of hydrogen-bond donors (Lipinski definition) is 1. The summed E-state index contributed by atoms with van der Waals surface area (Å²) in [7, 11) is 1.68. The zero-order valence-corrected chi connectivity index (χ0v) is 13.9. The van der Waals surface area contributed by atoms with Crippen LogP contribution >= 0.6 is 11.8 Å². The quantitative estimate of drug-likeness (QED) is 0.799. The van der Waals surface area contributed by atoms with Crippen molar-refractivity contribution in [2.24, 2.45) is 0 Å². The Hall–Kier alpha value is -1.39. The van der Waals surface area contributed by atoms with Crippen molar-refractivity contribution in [3.05, 3.63) is 47.9 Å². The zero-order valence-electron chi connectivity index (χ0n) is 13.1. The third kappa shape index (κ3) is 5.48. The van der Waals surface area contributed by atoms with E-state index in [0.29, 0.717) is 0 Å². The molecule has 0 atom stereocenters. The van der Waals surface area contributed by atoms with E-state index in [-0.39, 0.29) is 5.54 Å². The van der Waals surface area contributed by atoms with Gasteiger partial charge in [-0.2, -0.15) is 0 Å². The van der Waals surface area contributed by atoms with Crippen molar-refractivity contribution >= 4 is 11.8 Å². The van der Waals surface area contributed by atoms with E-state index in [1.54, 1.807) is 18.9 Å². The van der Waals surface area contributed by atoms with E-state index < -0.39 is 0 Å². The number of methoxy groups -OCH3 is 1. The van der Waals surface area contributed by atoms with Crippen LogP contribution in [0.1, 0.15) is 32.3 Å². The molecule has 0 aliphatic carbocycles. The first-order valence-corrected chi connectivity index (χ1v) is 8.04. The third-order valence-corrected chi connectivity index (χ3v) is 3.99. The van der Waals surface area contributed by atoms with Crippen molar-refractivity contribution in [2.45, 2.75) is 43.5 Å². The largest absolute Gasteiger partial charge is 0.497 e. The molecular weight excluding hydrogens is 282 g/mol. The van der Waals surface area contributed by atoms with Crippen LogP contribution in [-0.4, -0.2) is 12.6 Å². The Morgan fingerprint density at radius 3 is 2.33 bits per heavy atom. The molecule has 1 aromatic carbocycles. The van der Waals surface area contributed by atoms with Gasteiger partial charge in [-0.25, -0.2) is 0 Å². The maximum atomic E-state index is 5.84. The smallest absolute Gasteiger partial charge is 0.118 e. The van der Waals surface area contributed by atoms with Gasteiger partial charge in [0.15, 0.2) is 0 Å². The average molecular weight is 305 g/mol. The Balaban J connectivity index is 1.84. The molecule has 0 aliphatic rings. The first kappa shape index (κ1) is 16.0. The molecule has 1 N–H and O–H groups in total. The molecule has 2 rings (SSSR count). The lowest BCUT2D eigenvalue weighted by Gasteiger charge is -2.19. The second-order valence-corrected chi connectivity index (χ2v) is 6.98. The predicted molar refractivity (Wildman–Crippen MR) is 87.9 cm³/mol. The number of hydrogen-bond acceptors (Lipinski definition) is 4. The highest BCUT2D eigenvalue weighted by Crippen LogP contribution is 2.25. The van der Waals surface area contributed by atoms with Crippen molar-refractivity contribution in [3.63, 3.8) is 0 Å². The van der Waals surface area contributed by atoms with Crippen molar-refractivity contribution in [1.82, 2.24) is 5.32 Å². The second kappa shape index (κ2) is 7.05. The van der Waals surface area contributed by atoms with Crippen LogP contribution in [0.4, 0.5) is 0 Å². The fourth-order valence-corrected chi connectivity index (χ4v) is 2.57. The SMILES string of the molecule is COc1ccc(SCc2ccc(CNC(C)(C)C)o2)cc1. The van der Waals surface area contributed by atoms with E-state index in [2.05, 4.69) is 44.3 Å². The van der Waals surface area contributed by atoms with Gasteiger partial charge in [0.05, 0.1) is 19.4 Å². The third-order valence-electron chi connectivity index (χ3n) is 2.95.